The van der Waals surface area contributed by atoms with E-state index in [1.165, 1.54) is 12.1 Å². The molecule has 0 saturated heterocycles. The van der Waals surface area contributed by atoms with Gasteiger partial charge in [-0.2, -0.15) is 0 Å². The summed E-state index contributed by atoms with van der Waals surface area (Å²) >= 11 is 3.41. The van der Waals surface area contributed by atoms with Crippen LogP contribution in [0.3, 0.4) is 0 Å². The second-order valence-electron chi connectivity index (χ2n) is 3.71. The molecule has 0 aliphatic carbocycles. The van der Waals surface area contributed by atoms with Gasteiger partial charge in [0.25, 0.3) is 0 Å². The predicted octanol–water partition coefficient (Wildman–Crippen LogP) is 2.74. The first-order valence-electron chi connectivity index (χ1n) is 5.35. The number of hydrogen-bond acceptors (Lipinski definition) is 2. The standard InChI is InChI=1S/C12H13BrFN3/c1-15-6-5-10-16-11(12(13)17-10)8-3-2-4-9(14)7-8/h2-4,7,15H,5-6H2,1H3,(H,16,17). The SMILES string of the molecule is CNCCc1nc(-c2cccc(F)c2)c(Br)[nH]1. The van der Waals surface area contributed by atoms with Crippen molar-refractivity contribution >= 4 is 15.9 Å². The van der Waals surface area contributed by atoms with Crippen LogP contribution in [-0.2, 0) is 6.42 Å². The normalized spacial score (nSPS) is 10.8. The van der Waals surface area contributed by atoms with E-state index in [-0.39, 0.29) is 5.82 Å². The van der Waals surface area contributed by atoms with Crippen molar-refractivity contribution in [3.8, 4) is 11.3 Å². The molecule has 0 aliphatic rings. The van der Waals surface area contributed by atoms with Crippen LogP contribution in [-0.4, -0.2) is 23.6 Å². The number of hydrogen-bond donors (Lipinski definition) is 2. The van der Waals surface area contributed by atoms with Crippen molar-refractivity contribution in [2.75, 3.05) is 13.6 Å². The summed E-state index contributed by atoms with van der Waals surface area (Å²) in [6.07, 6.45) is 0.810. The average molecular weight is 298 g/mol. The Labute approximate surface area is 108 Å². The highest BCUT2D eigenvalue weighted by Crippen LogP contribution is 2.26. The zero-order chi connectivity index (χ0) is 12.3. The molecular formula is C12H13BrFN3. The molecular weight excluding hydrogens is 285 g/mol. The minimum absolute atomic E-state index is 0.255. The quantitative estimate of drug-likeness (QED) is 0.911. The maximum Gasteiger partial charge on any atom is 0.123 e. The molecule has 90 valence electrons. The lowest BCUT2D eigenvalue weighted by atomic mass is 10.2. The Kier molecular flexibility index (Phi) is 3.91. The topological polar surface area (TPSA) is 40.7 Å². The van der Waals surface area contributed by atoms with E-state index in [9.17, 15) is 4.39 Å². The smallest absolute Gasteiger partial charge is 0.123 e. The zero-order valence-electron chi connectivity index (χ0n) is 9.43. The fraction of sp³-hybridized carbons (Fsp3) is 0.250. The van der Waals surface area contributed by atoms with Gasteiger partial charge in [-0.1, -0.05) is 12.1 Å². The molecule has 0 amide bonds. The second-order valence-corrected chi connectivity index (χ2v) is 4.50. The average Bonchev–Trinajstić information content (AvgIpc) is 2.68. The molecule has 1 aromatic heterocycles. The molecule has 0 bridgehead atoms. The van der Waals surface area contributed by atoms with Crippen LogP contribution in [0.2, 0.25) is 0 Å². The van der Waals surface area contributed by atoms with E-state index in [4.69, 9.17) is 0 Å². The summed E-state index contributed by atoms with van der Waals surface area (Å²) in [6.45, 7) is 0.850. The Bertz CT molecular complexity index is 510. The molecule has 0 aliphatic heterocycles. The van der Waals surface area contributed by atoms with Gasteiger partial charge < -0.3 is 10.3 Å². The first-order valence-corrected chi connectivity index (χ1v) is 6.15. The third kappa shape index (κ3) is 2.92. The molecule has 0 atom stereocenters. The number of rotatable bonds is 4. The zero-order valence-corrected chi connectivity index (χ0v) is 11.0. The predicted molar refractivity (Wildman–Crippen MR) is 69.3 cm³/mol. The number of H-pyrrole nitrogens is 1. The van der Waals surface area contributed by atoms with Crippen molar-refractivity contribution in [3.63, 3.8) is 0 Å². The van der Waals surface area contributed by atoms with E-state index >= 15 is 0 Å². The van der Waals surface area contributed by atoms with Gasteiger partial charge in [-0.05, 0) is 35.1 Å². The molecule has 0 spiro atoms. The number of nitrogens with one attached hydrogen (secondary N) is 2. The third-order valence-corrected chi connectivity index (χ3v) is 2.99. The van der Waals surface area contributed by atoms with E-state index in [1.54, 1.807) is 6.07 Å². The Morgan fingerprint density at radius 3 is 3.00 bits per heavy atom. The molecule has 17 heavy (non-hydrogen) atoms. The van der Waals surface area contributed by atoms with Crippen LogP contribution in [0.1, 0.15) is 5.82 Å². The van der Waals surface area contributed by atoms with Gasteiger partial charge in [0.2, 0.25) is 0 Å². The summed E-state index contributed by atoms with van der Waals surface area (Å²) in [5.74, 6) is 0.625. The Balaban J connectivity index is 2.29. The van der Waals surface area contributed by atoms with Crippen molar-refractivity contribution in [2.45, 2.75) is 6.42 Å². The summed E-state index contributed by atoms with van der Waals surface area (Å²) in [5, 5.41) is 3.06. The van der Waals surface area contributed by atoms with Crippen LogP contribution in [0, 0.1) is 5.82 Å². The lowest BCUT2D eigenvalue weighted by molar-refractivity contribution is 0.628. The minimum atomic E-state index is -0.255. The number of aromatic amines is 1. The van der Waals surface area contributed by atoms with Crippen LogP contribution in [0.5, 0.6) is 0 Å². The van der Waals surface area contributed by atoms with Crippen LogP contribution in [0.4, 0.5) is 4.39 Å². The molecule has 1 aromatic carbocycles. The lowest BCUT2D eigenvalue weighted by Gasteiger charge is -1.97. The summed E-state index contributed by atoms with van der Waals surface area (Å²) in [7, 11) is 1.89. The molecule has 3 nitrogen and oxygen atoms in total. The van der Waals surface area contributed by atoms with Gasteiger partial charge in [0, 0.05) is 18.5 Å². The largest absolute Gasteiger partial charge is 0.336 e. The lowest BCUT2D eigenvalue weighted by Crippen LogP contribution is -2.11. The molecule has 5 heteroatoms. The Morgan fingerprint density at radius 1 is 1.47 bits per heavy atom. The second kappa shape index (κ2) is 5.42. The summed E-state index contributed by atoms with van der Waals surface area (Å²) < 4.78 is 13.9. The molecule has 0 unspecified atom stereocenters. The van der Waals surface area contributed by atoms with E-state index < -0.39 is 0 Å². The molecule has 2 rings (SSSR count). The molecule has 0 fully saturated rings. The van der Waals surface area contributed by atoms with Gasteiger partial charge in [-0.15, -0.1) is 0 Å². The highest BCUT2D eigenvalue weighted by Gasteiger charge is 2.10. The monoisotopic (exact) mass is 297 g/mol. The molecule has 2 aromatic rings. The van der Waals surface area contributed by atoms with Crippen LogP contribution < -0.4 is 5.32 Å². The van der Waals surface area contributed by atoms with E-state index in [2.05, 4.69) is 31.2 Å². The Hall–Kier alpha value is -1.20. The van der Waals surface area contributed by atoms with Crippen molar-refractivity contribution in [3.05, 3.63) is 40.5 Å². The number of likely N-dealkylation sites (N-methyl/N-ethyl adjacent to an activating group) is 1. The van der Waals surface area contributed by atoms with Crippen LogP contribution in [0.25, 0.3) is 11.3 Å². The Morgan fingerprint density at radius 2 is 2.29 bits per heavy atom. The fourth-order valence-corrected chi connectivity index (χ4v) is 2.13. The summed E-state index contributed by atoms with van der Waals surface area (Å²) in [6, 6.07) is 6.42. The van der Waals surface area contributed by atoms with E-state index in [0.29, 0.717) is 0 Å². The summed E-state index contributed by atoms with van der Waals surface area (Å²) in [4.78, 5) is 7.59. The van der Waals surface area contributed by atoms with Crippen molar-refractivity contribution in [2.24, 2.45) is 0 Å². The van der Waals surface area contributed by atoms with Gasteiger partial charge in [0.05, 0.1) is 0 Å². The first kappa shape index (κ1) is 12.3. The van der Waals surface area contributed by atoms with Crippen molar-refractivity contribution in [1.82, 2.24) is 15.3 Å². The number of halogens is 2. The van der Waals surface area contributed by atoms with Crippen LogP contribution >= 0.6 is 15.9 Å². The fourth-order valence-electron chi connectivity index (χ4n) is 1.59. The first-order chi connectivity index (χ1) is 8.20. The number of aromatic nitrogens is 2. The van der Waals surface area contributed by atoms with Gasteiger partial charge in [-0.3, -0.25) is 0 Å². The van der Waals surface area contributed by atoms with Gasteiger partial charge in [0.15, 0.2) is 0 Å². The van der Waals surface area contributed by atoms with E-state index in [1.807, 2.05) is 13.1 Å². The van der Waals surface area contributed by atoms with Crippen LogP contribution in [0.15, 0.2) is 28.9 Å². The van der Waals surface area contributed by atoms with E-state index in [0.717, 1.165) is 34.7 Å². The third-order valence-electron chi connectivity index (χ3n) is 2.42. The molecule has 2 N–H and O–H groups in total. The highest BCUT2D eigenvalue weighted by atomic mass is 79.9. The molecule has 0 radical (unpaired) electrons. The maximum absolute atomic E-state index is 13.1. The van der Waals surface area contributed by atoms with Gasteiger partial charge in [0.1, 0.15) is 21.9 Å². The summed E-state index contributed by atoms with van der Waals surface area (Å²) in [5.41, 5.74) is 1.51. The highest BCUT2D eigenvalue weighted by molar-refractivity contribution is 9.10. The number of benzene rings is 1. The molecule has 1 heterocycles. The number of imidazole rings is 1. The maximum atomic E-state index is 13.1. The van der Waals surface area contributed by atoms with Gasteiger partial charge in [-0.25, -0.2) is 9.37 Å². The number of nitrogens with zero attached hydrogens (tertiary/aromatic N) is 1. The molecule has 0 saturated carbocycles. The van der Waals surface area contributed by atoms with Gasteiger partial charge >= 0.3 is 0 Å². The van der Waals surface area contributed by atoms with Crippen molar-refractivity contribution < 1.29 is 4.39 Å². The van der Waals surface area contributed by atoms with Crippen molar-refractivity contribution in [1.29, 1.82) is 0 Å². The minimum Gasteiger partial charge on any atom is -0.336 e.